The molecule has 0 radical (unpaired) electrons. The van der Waals surface area contributed by atoms with Gasteiger partial charge in [0.2, 0.25) is 0 Å². The number of para-hydroxylation sites is 1. The van der Waals surface area contributed by atoms with E-state index in [0.717, 1.165) is 44.6 Å². The second kappa shape index (κ2) is 8.11. The first-order valence-corrected chi connectivity index (χ1v) is 9.81. The Bertz CT molecular complexity index is 808. The molecule has 0 aliphatic carbocycles. The molecule has 0 saturated heterocycles. The SMILES string of the molecule is O=C(NC[C@H](O)CN1CCc2ccccc2C1)N1CCCc2ccccc21. The van der Waals surface area contributed by atoms with E-state index in [4.69, 9.17) is 0 Å². The van der Waals surface area contributed by atoms with E-state index in [1.807, 2.05) is 18.2 Å². The Morgan fingerprint density at radius 3 is 2.59 bits per heavy atom. The van der Waals surface area contributed by atoms with Gasteiger partial charge >= 0.3 is 6.03 Å². The van der Waals surface area contributed by atoms with E-state index in [-0.39, 0.29) is 12.6 Å². The van der Waals surface area contributed by atoms with E-state index in [9.17, 15) is 9.90 Å². The van der Waals surface area contributed by atoms with Crippen LogP contribution in [-0.4, -0.2) is 48.3 Å². The third kappa shape index (κ3) is 4.15. The molecule has 0 fully saturated rings. The van der Waals surface area contributed by atoms with Crippen molar-refractivity contribution in [2.24, 2.45) is 0 Å². The number of carbonyl (C=O) groups is 1. The first-order chi connectivity index (χ1) is 13.2. The van der Waals surface area contributed by atoms with E-state index in [1.54, 1.807) is 4.90 Å². The van der Waals surface area contributed by atoms with Crippen molar-refractivity contribution in [1.29, 1.82) is 0 Å². The lowest BCUT2D eigenvalue weighted by atomic mass is 10.00. The van der Waals surface area contributed by atoms with Gasteiger partial charge in [0.25, 0.3) is 0 Å². The summed E-state index contributed by atoms with van der Waals surface area (Å²) in [5, 5.41) is 13.3. The van der Waals surface area contributed by atoms with Crippen LogP contribution >= 0.6 is 0 Å². The number of carbonyl (C=O) groups excluding carboxylic acids is 1. The zero-order valence-corrected chi connectivity index (χ0v) is 15.6. The molecule has 27 heavy (non-hydrogen) atoms. The molecule has 0 saturated carbocycles. The summed E-state index contributed by atoms with van der Waals surface area (Å²) < 4.78 is 0. The molecule has 4 rings (SSSR count). The lowest BCUT2D eigenvalue weighted by Gasteiger charge is -2.31. The number of amides is 2. The van der Waals surface area contributed by atoms with Crippen molar-refractivity contribution < 1.29 is 9.90 Å². The number of anilines is 1. The van der Waals surface area contributed by atoms with Crippen LogP contribution < -0.4 is 10.2 Å². The van der Waals surface area contributed by atoms with Gasteiger partial charge in [0.1, 0.15) is 0 Å². The second-order valence-electron chi connectivity index (χ2n) is 7.48. The molecule has 2 aliphatic heterocycles. The molecule has 2 heterocycles. The predicted octanol–water partition coefficient (Wildman–Crippen LogP) is 2.57. The van der Waals surface area contributed by atoms with Crippen molar-refractivity contribution in [2.45, 2.75) is 31.9 Å². The number of nitrogens with one attached hydrogen (secondary N) is 1. The number of benzene rings is 2. The Labute approximate surface area is 160 Å². The fraction of sp³-hybridized carbons (Fsp3) is 0.409. The monoisotopic (exact) mass is 365 g/mol. The van der Waals surface area contributed by atoms with Gasteiger partial charge in [0.05, 0.1) is 6.10 Å². The summed E-state index contributed by atoms with van der Waals surface area (Å²) in [6.45, 7) is 3.38. The van der Waals surface area contributed by atoms with Crippen LogP contribution in [0.3, 0.4) is 0 Å². The number of aryl methyl sites for hydroxylation is 1. The van der Waals surface area contributed by atoms with Gasteiger partial charge in [-0.3, -0.25) is 9.80 Å². The Morgan fingerprint density at radius 1 is 1.00 bits per heavy atom. The Balaban J connectivity index is 1.29. The fourth-order valence-corrected chi connectivity index (χ4v) is 4.12. The summed E-state index contributed by atoms with van der Waals surface area (Å²) >= 11 is 0. The van der Waals surface area contributed by atoms with E-state index in [2.05, 4.69) is 40.5 Å². The number of hydrogen-bond acceptors (Lipinski definition) is 3. The van der Waals surface area contributed by atoms with Crippen LogP contribution in [0.5, 0.6) is 0 Å². The summed E-state index contributed by atoms with van der Waals surface area (Å²) in [7, 11) is 0. The third-order valence-corrected chi connectivity index (χ3v) is 5.52. The summed E-state index contributed by atoms with van der Waals surface area (Å²) in [5.74, 6) is 0. The van der Waals surface area contributed by atoms with Crippen LogP contribution in [-0.2, 0) is 19.4 Å². The van der Waals surface area contributed by atoms with E-state index in [0.29, 0.717) is 6.54 Å². The predicted molar refractivity (Wildman–Crippen MR) is 107 cm³/mol. The molecule has 0 spiro atoms. The van der Waals surface area contributed by atoms with E-state index >= 15 is 0 Å². The Morgan fingerprint density at radius 2 is 1.74 bits per heavy atom. The van der Waals surface area contributed by atoms with Gasteiger partial charge in [-0.15, -0.1) is 0 Å². The minimum absolute atomic E-state index is 0.120. The van der Waals surface area contributed by atoms with Crippen molar-refractivity contribution in [3.8, 4) is 0 Å². The zero-order chi connectivity index (χ0) is 18.6. The van der Waals surface area contributed by atoms with Gasteiger partial charge in [-0.2, -0.15) is 0 Å². The van der Waals surface area contributed by atoms with Crippen LogP contribution in [0.25, 0.3) is 0 Å². The number of hydrogen-bond donors (Lipinski definition) is 2. The summed E-state index contributed by atoms with van der Waals surface area (Å²) in [6.07, 6.45) is 2.43. The average Bonchev–Trinajstić information content (AvgIpc) is 2.71. The minimum atomic E-state index is -0.570. The highest BCUT2D eigenvalue weighted by atomic mass is 16.3. The summed E-state index contributed by atoms with van der Waals surface area (Å²) in [5.41, 5.74) is 4.94. The molecule has 2 aromatic rings. The smallest absolute Gasteiger partial charge is 0.321 e. The molecule has 142 valence electrons. The van der Waals surface area contributed by atoms with Gasteiger partial charge in [-0.1, -0.05) is 42.5 Å². The molecule has 0 unspecified atom stereocenters. The number of nitrogens with zero attached hydrogens (tertiary/aromatic N) is 2. The van der Waals surface area contributed by atoms with Gasteiger partial charge in [0, 0.05) is 38.4 Å². The Hall–Kier alpha value is -2.37. The molecule has 1 atom stereocenters. The standard InChI is InChI=1S/C22H27N3O2/c26-20(16-24-13-11-17-6-1-2-8-19(17)15-24)14-23-22(27)25-12-5-9-18-7-3-4-10-21(18)25/h1-4,6-8,10,20,26H,5,9,11-16H2,(H,23,27)/t20-/m0/s1. The van der Waals surface area contributed by atoms with Crippen LogP contribution in [0, 0.1) is 0 Å². The zero-order valence-electron chi connectivity index (χ0n) is 15.6. The topological polar surface area (TPSA) is 55.8 Å². The van der Waals surface area contributed by atoms with Crippen molar-refractivity contribution in [2.75, 3.05) is 31.1 Å². The maximum Gasteiger partial charge on any atom is 0.321 e. The largest absolute Gasteiger partial charge is 0.390 e. The maximum atomic E-state index is 12.6. The molecule has 5 nitrogen and oxygen atoms in total. The molecule has 0 aromatic heterocycles. The van der Waals surface area contributed by atoms with Gasteiger partial charge in [0.15, 0.2) is 0 Å². The number of aliphatic hydroxyl groups excluding tert-OH is 1. The first kappa shape index (κ1) is 18.0. The lowest BCUT2D eigenvalue weighted by Crippen LogP contribution is -2.47. The van der Waals surface area contributed by atoms with E-state index in [1.165, 1.54) is 16.7 Å². The molecule has 5 heteroatoms. The lowest BCUT2D eigenvalue weighted by molar-refractivity contribution is 0.106. The van der Waals surface area contributed by atoms with Crippen molar-refractivity contribution in [3.05, 3.63) is 65.2 Å². The summed E-state index contributed by atoms with van der Waals surface area (Å²) in [6, 6.07) is 16.4. The number of β-amino-alcohol motifs (C(OH)–C–C–N with tert-alkyl or cyclic N) is 1. The molecular weight excluding hydrogens is 338 g/mol. The van der Waals surface area contributed by atoms with Gasteiger partial charge < -0.3 is 10.4 Å². The van der Waals surface area contributed by atoms with Gasteiger partial charge in [-0.25, -0.2) is 4.79 Å². The van der Waals surface area contributed by atoms with Crippen molar-refractivity contribution in [3.63, 3.8) is 0 Å². The van der Waals surface area contributed by atoms with Crippen LogP contribution in [0.1, 0.15) is 23.1 Å². The molecule has 2 aromatic carbocycles. The van der Waals surface area contributed by atoms with Crippen molar-refractivity contribution in [1.82, 2.24) is 10.2 Å². The Kier molecular flexibility index (Phi) is 5.41. The number of fused-ring (bicyclic) bond motifs is 2. The normalized spacial score (nSPS) is 17.7. The highest BCUT2D eigenvalue weighted by molar-refractivity contribution is 5.93. The van der Waals surface area contributed by atoms with Crippen LogP contribution in [0.4, 0.5) is 10.5 Å². The quantitative estimate of drug-likeness (QED) is 0.876. The summed E-state index contributed by atoms with van der Waals surface area (Å²) in [4.78, 5) is 16.7. The number of aliphatic hydroxyl groups is 1. The maximum absolute atomic E-state index is 12.6. The molecule has 0 bridgehead atoms. The highest BCUT2D eigenvalue weighted by Gasteiger charge is 2.23. The average molecular weight is 365 g/mol. The first-order valence-electron chi connectivity index (χ1n) is 9.81. The molecule has 2 aliphatic rings. The highest BCUT2D eigenvalue weighted by Crippen LogP contribution is 2.26. The fourth-order valence-electron chi connectivity index (χ4n) is 4.12. The molecular formula is C22H27N3O2. The molecule has 2 amide bonds. The number of rotatable bonds is 4. The van der Waals surface area contributed by atoms with Crippen LogP contribution in [0.15, 0.2) is 48.5 Å². The second-order valence-corrected chi connectivity index (χ2v) is 7.48. The third-order valence-electron chi connectivity index (χ3n) is 5.52. The minimum Gasteiger partial charge on any atom is -0.390 e. The molecule has 2 N–H and O–H groups in total. The van der Waals surface area contributed by atoms with Crippen molar-refractivity contribution >= 4 is 11.7 Å². The van der Waals surface area contributed by atoms with E-state index < -0.39 is 6.10 Å². The van der Waals surface area contributed by atoms with Gasteiger partial charge in [-0.05, 0) is 42.0 Å². The number of urea groups is 1. The van der Waals surface area contributed by atoms with Crippen LogP contribution in [0.2, 0.25) is 0 Å².